The van der Waals surface area contributed by atoms with Gasteiger partial charge in [0.1, 0.15) is 10.7 Å². The van der Waals surface area contributed by atoms with Crippen molar-refractivity contribution in [3.63, 3.8) is 0 Å². The lowest BCUT2D eigenvalue weighted by molar-refractivity contribution is -0.122. The van der Waals surface area contributed by atoms with Crippen molar-refractivity contribution in [2.75, 3.05) is 20.7 Å². The molecule has 0 aromatic heterocycles. The van der Waals surface area contributed by atoms with Crippen LogP contribution in [0.2, 0.25) is 0 Å². The van der Waals surface area contributed by atoms with Crippen LogP contribution in [0.4, 0.5) is 0 Å². The first-order valence-electron chi connectivity index (χ1n) is 6.78. The van der Waals surface area contributed by atoms with Crippen LogP contribution in [0.5, 0.6) is 5.75 Å². The molecule has 0 fully saturated rings. The number of hydrogen-bond acceptors (Lipinski definition) is 4. The van der Waals surface area contributed by atoms with Crippen molar-refractivity contribution in [2.45, 2.75) is 26.4 Å². The Morgan fingerprint density at radius 3 is 2.67 bits per heavy atom. The van der Waals surface area contributed by atoms with Crippen LogP contribution in [-0.2, 0) is 11.3 Å². The number of amides is 1. The normalized spacial score (nSPS) is 10.8. The zero-order chi connectivity index (χ0) is 16.0. The molecule has 0 aliphatic rings. The second kappa shape index (κ2) is 7.95. The molecular weight excluding hydrogens is 286 g/mol. The van der Waals surface area contributed by atoms with Gasteiger partial charge >= 0.3 is 0 Å². The van der Waals surface area contributed by atoms with E-state index >= 15 is 0 Å². The van der Waals surface area contributed by atoms with E-state index in [-0.39, 0.29) is 11.9 Å². The Balaban J connectivity index is 2.70. The smallest absolute Gasteiger partial charge is 0.234 e. The molecule has 3 N–H and O–H groups in total. The minimum absolute atomic E-state index is 0.0132. The van der Waals surface area contributed by atoms with E-state index < -0.39 is 0 Å². The van der Waals surface area contributed by atoms with Crippen LogP contribution in [0.1, 0.15) is 25.0 Å². The third kappa shape index (κ3) is 5.69. The molecule has 0 spiro atoms. The Hall–Kier alpha value is -1.66. The van der Waals surface area contributed by atoms with Gasteiger partial charge in [-0.15, -0.1) is 0 Å². The van der Waals surface area contributed by atoms with E-state index in [1.54, 1.807) is 7.11 Å². The molecule has 0 aliphatic heterocycles. The molecule has 21 heavy (non-hydrogen) atoms. The van der Waals surface area contributed by atoms with E-state index in [0.29, 0.717) is 23.8 Å². The maximum absolute atomic E-state index is 11.7. The van der Waals surface area contributed by atoms with Crippen molar-refractivity contribution in [3.05, 3.63) is 29.3 Å². The third-order valence-electron chi connectivity index (χ3n) is 2.85. The molecule has 0 atom stereocenters. The Morgan fingerprint density at radius 1 is 1.48 bits per heavy atom. The van der Waals surface area contributed by atoms with Crippen molar-refractivity contribution in [3.8, 4) is 5.75 Å². The van der Waals surface area contributed by atoms with Gasteiger partial charge < -0.3 is 15.8 Å². The summed E-state index contributed by atoms with van der Waals surface area (Å²) < 4.78 is 5.30. The summed E-state index contributed by atoms with van der Waals surface area (Å²) in [6.07, 6.45) is 0. The average molecular weight is 309 g/mol. The summed E-state index contributed by atoms with van der Waals surface area (Å²) in [6, 6.07) is 5.83. The van der Waals surface area contributed by atoms with Gasteiger partial charge in [0.15, 0.2) is 0 Å². The maximum atomic E-state index is 11.7. The summed E-state index contributed by atoms with van der Waals surface area (Å²) in [7, 11) is 3.48. The first kappa shape index (κ1) is 17.4. The van der Waals surface area contributed by atoms with Crippen molar-refractivity contribution >= 4 is 23.1 Å². The Kier molecular flexibility index (Phi) is 6.58. The van der Waals surface area contributed by atoms with Crippen LogP contribution in [0.3, 0.4) is 0 Å². The Morgan fingerprint density at radius 2 is 2.14 bits per heavy atom. The minimum Gasteiger partial charge on any atom is -0.496 e. The van der Waals surface area contributed by atoms with Crippen LogP contribution in [-0.4, -0.2) is 42.5 Å². The number of likely N-dealkylation sites (N-methyl/N-ethyl adjacent to an activating group) is 1. The molecule has 0 aliphatic carbocycles. The average Bonchev–Trinajstić information content (AvgIpc) is 2.36. The second-order valence-electron chi connectivity index (χ2n) is 5.29. The highest BCUT2D eigenvalue weighted by atomic mass is 32.1. The van der Waals surface area contributed by atoms with Crippen molar-refractivity contribution in [1.82, 2.24) is 10.2 Å². The molecule has 6 heteroatoms. The van der Waals surface area contributed by atoms with Gasteiger partial charge in [-0.1, -0.05) is 18.3 Å². The Labute approximate surface area is 131 Å². The highest BCUT2D eigenvalue weighted by Crippen LogP contribution is 2.20. The lowest BCUT2D eigenvalue weighted by Gasteiger charge is -2.18. The van der Waals surface area contributed by atoms with E-state index in [0.717, 1.165) is 11.1 Å². The molecule has 5 nitrogen and oxygen atoms in total. The van der Waals surface area contributed by atoms with Gasteiger partial charge in [0, 0.05) is 12.6 Å². The van der Waals surface area contributed by atoms with E-state index in [2.05, 4.69) is 5.32 Å². The number of nitrogens with one attached hydrogen (secondary N) is 1. The fraction of sp³-hybridized carbons (Fsp3) is 0.467. The van der Waals surface area contributed by atoms with Crippen molar-refractivity contribution in [1.29, 1.82) is 0 Å². The van der Waals surface area contributed by atoms with Gasteiger partial charge in [0.25, 0.3) is 0 Å². The summed E-state index contributed by atoms with van der Waals surface area (Å²) in [4.78, 5) is 14.0. The summed E-state index contributed by atoms with van der Waals surface area (Å²) in [6.45, 7) is 4.87. The fourth-order valence-electron chi connectivity index (χ4n) is 2.02. The predicted molar refractivity (Wildman–Crippen MR) is 88.5 cm³/mol. The number of benzene rings is 1. The first-order chi connectivity index (χ1) is 9.83. The summed E-state index contributed by atoms with van der Waals surface area (Å²) in [5.74, 6) is 0.666. The molecule has 0 saturated carbocycles. The second-order valence-corrected chi connectivity index (χ2v) is 5.73. The lowest BCUT2D eigenvalue weighted by atomic mass is 10.1. The number of thiocarbonyl (C=S) groups is 1. The minimum atomic E-state index is 0.0132. The highest BCUT2D eigenvalue weighted by Gasteiger charge is 2.11. The van der Waals surface area contributed by atoms with E-state index in [4.69, 9.17) is 22.7 Å². The van der Waals surface area contributed by atoms with Crippen molar-refractivity contribution in [2.24, 2.45) is 5.73 Å². The van der Waals surface area contributed by atoms with Crippen LogP contribution in [0, 0.1) is 0 Å². The number of methoxy groups -OCH3 is 1. The highest BCUT2D eigenvalue weighted by molar-refractivity contribution is 7.80. The number of nitrogens with two attached hydrogens (primary N) is 1. The number of carbonyl (C=O) groups excluding carboxylic acids is 1. The van der Waals surface area contributed by atoms with Crippen LogP contribution < -0.4 is 15.8 Å². The molecule has 1 aromatic carbocycles. The zero-order valence-corrected chi connectivity index (χ0v) is 13.8. The molecule has 1 rings (SSSR count). The monoisotopic (exact) mass is 309 g/mol. The third-order valence-corrected chi connectivity index (χ3v) is 3.07. The molecular formula is C15H23N3O2S. The molecule has 1 aromatic rings. The molecule has 1 amide bonds. The molecule has 0 bridgehead atoms. The van der Waals surface area contributed by atoms with Crippen LogP contribution >= 0.6 is 12.2 Å². The van der Waals surface area contributed by atoms with Gasteiger partial charge in [-0.25, -0.2) is 0 Å². The van der Waals surface area contributed by atoms with Gasteiger partial charge in [-0.3, -0.25) is 9.69 Å². The van der Waals surface area contributed by atoms with E-state index in [1.165, 1.54) is 0 Å². The molecule has 0 heterocycles. The molecule has 0 saturated heterocycles. The summed E-state index contributed by atoms with van der Waals surface area (Å²) >= 11 is 4.98. The number of hydrogen-bond donors (Lipinski definition) is 2. The van der Waals surface area contributed by atoms with Gasteiger partial charge in [-0.2, -0.15) is 0 Å². The quantitative estimate of drug-likeness (QED) is 0.743. The number of ether oxygens (including phenoxy) is 1. The summed E-state index contributed by atoms with van der Waals surface area (Å²) in [5, 5.41) is 2.87. The molecule has 0 radical (unpaired) electrons. The van der Waals surface area contributed by atoms with Crippen molar-refractivity contribution < 1.29 is 9.53 Å². The van der Waals surface area contributed by atoms with Gasteiger partial charge in [0.05, 0.1) is 19.2 Å². The topological polar surface area (TPSA) is 67.6 Å². The predicted octanol–water partition coefficient (Wildman–Crippen LogP) is 1.29. The van der Waals surface area contributed by atoms with Gasteiger partial charge in [-0.05, 0) is 38.6 Å². The standard InChI is InChI=1S/C15H23N3O2S/c1-10(2)17-14(19)9-18(3)8-11-5-6-12(15(16)21)13(7-11)20-4/h5-7,10H,8-9H2,1-4H3,(H2,16,21)(H,17,19). The largest absolute Gasteiger partial charge is 0.496 e. The van der Waals surface area contributed by atoms with E-state index in [1.807, 2.05) is 44.0 Å². The number of carbonyl (C=O) groups is 1. The zero-order valence-electron chi connectivity index (χ0n) is 13.0. The fourth-order valence-corrected chi connectivity index (χ4v) is 2.19. The maximum Gasteiger partial charge on any atom is 0.234 e. The van der Waals surface area contributed by atoms with E-state index in [9.17, 15) is 4.79 Å². The lowest BCUT2D eigenvalue weighted by Crippen LogP contribution is -2.38. The molecule has 116 valence electrons. The number of nitrogens with zero attached hydrogens (tertiary/aromatic N) is 1. The van der Waals surface area contributed by atoms with Crippen LogP contribution in [0.15, 0.2) is 18.2 Å². The Bertz CT molecular complexity index is 518. The summed E-state index contributed by atoms with van der Waals surface area (Å²) in [5.41, 5.74) is 7.39. The number of rotatable bonds is 7. The molecule has 0 unspecified atom stereocenters. The van der Waals surface area contributed by atoms with Gasteiger partial charge in [0.2, 0.25) is 5.91 Å². The first-order valence-corrected chi connectivity index (χ1v) is 7.19. The van der Waals surface area contributed by atoms with Crippen LogP contribution in [0.25, 0.3) is 0 Å². The SMILES string of the molecule is COc1cc(CN(C)CC(=O)NC(C)C)ccc1C(N)=S.